The lowest BCUT2D eigenvalue weighted by atomic mass is 9.99. The highest BCUT2D eigenvalue weighted by molar-refractivity contribution is 5.97. The van der Waals surface area contributed by atoms with Crippen LogP contribution in [0.5, 0.6) is 0 Å². The molecule has 2 aromatic heterocycles. The Bertz CT molecular complexity index is 1070. The molecule has 0 saturated heterocycles. The third-order valence-corrected chi connectivity index (χ3v) is 4.53. The molecule has 2 heterocycles. The van der Waals surface area contributed by atoms with Crippen LogP contribution in [-0.4, -0.2) is 25.8 Å². The van der Waals surface area contributed by atoms with Crippen molar-refractivity contribution in [2.45, 2.75) is 13.0 Å². The summed E-state index contributed by atoms with van der Waals surface area (Å²) < 4.78 is 14.9. The minimum absolute atomic E-state index is 0.212. The Kier molecular flexibility index (Phi) is 5.11. The molecule has 1 unspecified atom stereocenters. The van der Waals surface area contributed by atoms with Gasteiger partial charge < -0.3 is 5.32 Å². The predicted molar refractivity (Wildman–Crippen MR) is 107 cm³/mol. The van der Waals surface area contributed by atoms with Crippen molar-refractivity contribution < 1.29 is 9.18 Å². The summed E-state index contributed by atoms with van der Waals surface area (Å²) in [5.74, 6) is -0.133. The van der Waals surface area contributed by atoms with E-state index in [1.807, 2.05) is 42.5 Å². The smallest absolute Gasteiger partial charge is 0.183 e. The second-order valence-corrected chi connectivity index (χ2v) is 6.50. The molecule has 1 atom stereocenters. The Morgan fingerprint density at radius 2 is 1.62 bits per heavy atom. The number of anilines is 1. The summed E-state index contributed by atoms with van der Waals surface area (Å²) in [5, 5.41) is 11.6. The normalized spacial score (nSPS) is 11.8. The molecule has 0 saturated carbocycles. The quantitative estimate of drug-likeness (QED) is 0.502. The fraction of sp³-hybridized carbons (Fsp3) is 0.0909. The number of Topliss-reactive ketones (excluding diaryl/α,β-unsaturated/α-hetero) is 1. The Morgan fingerprint density at radius 1 is 0.966 bits per heavy atom. The summed E-state index contributed by atoms with van der Waals surface area (Å²) in [6.45, 7) is 1.44. The fourth-order valence-corrected chi connectivity index (χ4v) is 3.11. The van der Waals surface area contributed by atoms with Crippen molar-refractivity contribution in [3.63, 3.8) is 0 Å². The summed E-state index contributed by atoms with van der Waals surface area (Å²) in [4.78, 5) is 16.3. The number of carbonyl (C=O) groups is 1. The van der Waals surface area contributed by atoms with Gasteiger partial charge in [0, 0.05) is 19.3 Å². The van der Waals surface area contributed by atoms with Gasteiger partial charge in [0.25, 0.3) is 0 Å². The van der Waals surface area contributed by atoms with Gasteiger partial charge in [0.15, 0.2) is 17.3 Å². The van der Waals surface area contributed by atoms with Crippen LogP contribution in [-0.2, 0) is 0 Å². The van der Waals surface area contributed by atoms with E-state index in [2.05, 4.69) is 20.6 Å². The SMILES string of the molecule is CC(=O)c1nnn(-c2ccc(F)cc2)c1NC(c1ccccc1)c1ccncc1. The molecule has 4 aromatic rings. The van der Waals surface area contributed by atoms with Gasteiger partial charge in [-0.3, -0.25) is 9.78 Å². The minimum Gasteiger partial charge on any atom is -0.357 e. The Labute approximate surface area is 167 Å². The molecular weight excluding hydrogens is 369 g/mol. The van der Waals surface area contributed by atoms with Crippen molar-refractivity contribution in [3.8, 4) is 5.69 Å². The molecule has 0 fully saturated rings. The highest BCUT2D eigenvalue weighted by Gasteiger charge is 2.23. The van der Waals surface area contributed by atoms with Gasteiger partial charge in [0.05, 0.1) is 11.7 Å². The van der Waals surface area contributed by atoms with Crippen molar-refractivity contribution >= 4 is 11.6 Å². The monoisotopic (exact) mass is 387 g/mol. The Morgan fingerprint density at radius 3 is 2.28 bits per heavy atom. The van der Waals surface area contributed by atoms with Crippen LogP contribution in [0.1, 0.15) is 34.6 Å². The molecule has 0 aliphatic heterocycles. The van der Waals surface area contributed by atoms with Gasteiger partial charge in [-0.2, -0.15) is 4.68 Å². The van der Waals surface area contributed by atoms with Gasteiger partial charge in [-0.25, -0.2) is 4.39 Å². The zero-order valence-corrected chi connectivity index (χ0v) is 15.7. The first kappa shape index (κ1) is 18.5. The van der Waals surface area contributed by atoms with Gasteiger partial charge in [0.2, 0.25) is 0 Å². The molecule has 0 radical (unpaired) electrons. The molecule has 29 heavy (non-hydrogen) atoms. The number of nitrogens with zero attached hydrogens (tertiary/aromatic N) is 4. The molecule has 6 nitrogen and oxygen atoms in total. The van der Waals surface area contributed by atoms with E-state index in [4.69, 9.17) is 0 Å². The van der Waals surface area contributed by atoms with Crippen molar-refractivity contribution in [1.29, 1.82) is 0 Å². The lowest BCUT2D eigenvalue weighted by Gasteiger charge is -2.21. The van der Waals surface area contributed by atoms with Crippen LogP contribution in [0.15, 0.2) is 79.1 Å². The van der Waals surface area contributed by atoms with E-state index in [-0.39, 0.29) is 23.3 Å². The maximum atomic E-state index is 13.4. The number of hydrogen-bond donors (Lipinski definition) is 1. The van der Waals surface area contributed by atoms with Crippen molar-refractivity contribution in [2.75, 3.05) is 5.32 Å². The minimum atomic E-state index is -0.353. The highest BCUT2D eigenvalue weighted by Crippen LogP contribution is 2.29. The number of aromatic nitrogens is 4. The Hall–Kier alpha value is -3.87. The highest BCUT2D eigenvalue weighted by atomic mass is 19.1. The number of benzene rings is 2. The number of pyridine rings is 1. The molecule has 4 rings (SSSR count). The van der Waals surface area contributed by atoms with Crippen LogP contribution < -0.4 is 5.32 Å². The van der Waals surface area contributed by atoms with Crippen molar-refractivity contribution in [3.05, 3.63) is 102 Å². The molecule has 0 aliphatic rings. The van der Waals surface area contributed by atoms with Gasteiger partial charge in [-0.15, -0.1) is 5.10 Å². The summed E-state index contributed by atoms with van der Waals surface area (Å²) >= 11 is 0. The van der Waals surface area contributed by atoms with E-state index < -0.39 is 0 Å². The molecule has 1 N–H and O–H groups in total. The summed E-state index contributed by atoms with van der Waals surface area (Å²) in [6.07, 6.45) is 3.43. The van der Waals surface area contributed by atoms with Gasteiger partial charge in [-0.1, -0.05) is 35.5 Å². The van der Waals surface area contributed by atoms with E-state index in [1.54, 1.807) is 24.5 Å². The first-order chi connectivity index (χ1) is 14.1. The van der Waals surface area contributed by atoms with Crippen molar-refractivity contribution in [2.24, 2.45) is 0 Å². The second-order valence-electron chi connectivity index (χ2n) is 6.50. The summed E-state index contributed by atoms with van der Waals surface area (Å²) in [5.41, 5.74) is 2.77. The van der Waals surface area contributed by atoms with E-state index in [0.717, 1.165) is 11.1 Å². The van der Waals surface area contributed by atoms with Crippen LogP contribution in [0, 0.1) is 5.82 Å². The number of hydrogen-bond acceptors (Lipinski definition) is 5. The standard InChI is InChI=1S/C22H18FN5O/c1-15(29)20-22(28(27-26-20)19-9-7-18(23)8-10-19)25-21(16-5-3-2-4-6-16)17-11-13-24-14-12-17/h2-14,21,25H,1H3. The number of halogens is 1. The van der Waals surface area contributed by atoms with Crippen LogP contribution in [0.3, 0.4) is 0 Å². The largest absolute Gasteiger partial charge is 0.357 e. The number of nitrogens with one attached hydrogen (secondary N) is 1. The number of rotatable bonds is 6. The predicted octanol–water partition coefficient (Wildman–Crippen LogP) is 4.21. The second kappa shape index (κ2) is 8.02. The van der Waals surface area contributed by atoms with E-state index >= 15 is 0 Å². The van der Waals surface area contributed by atoms with Crippen LogP contribution in [0.2, 0.25) is 0 Å². The van der Waals surface area contributed by atoms with E-state index in [0.29, 0.717) is 11.5 Å². The molecular formula is C22H18FN5O. The molecule has 2 aromatic carbocycles. The van der Waals surface area contributed by atoms with Gasteiger partial charge in [0.1, 0.15) is 5.82 Å². The third kappa shape index (κ3) is 3.89. The fourth-order valence-electron chi connectivity index (χ4n) is 3.11. The van der Waals surface area contributed by atoms with Crippen LogP contribution in [0.4, 0.5) is 10.2 Å². The molecule has 7 heteroatoms. The number of carbonyl (C=O) groups excluding carboxylic acids is 1. The van der Waals surface area contributed by atoms with Crippen LogP contribution in [0.25, 0.3) is 5.69 Å². The zero-order valence-electron chi connectivity index (χ0n) is 15.7. The zero-order chi connectivity index (χ0) is 20.2. The molecule has 0 bridgehead atoms. The average molecular weight is 387 g/mol. The lowest BCUT2D eigenvalue weighted by molar-refractivity contribution is 0.101. The summed E-state index contributed by atoms with van der Waals surface area (Å²) in [6, 6.07) is 19.2. The molecule has 0 amide bonds. The topological polar surface area (TPSA) is 72.7 Å². The number of ketones is 1. The molecule has 0 spiro atoms. The van der Waals surface area contributed by atoms with Gasteiger partial charge >= 0.3 is 0 Å². The maximum absolute atomic E-state index is 13.4. The van der Waals surface area contributed by atoms with Gasteiger partial charge in [-0.05, 0) is 47.5 Å². The van der Waals surface area contributed by atoms with Crippen molar-refractivity contribution in [1.82, 2.24) is 20.0 Å². The van der Waals surface area contributed by atoms with E-state index in [9.17, 15) is 9.18 Å². The average Bonchev–Trinajstić information content (AvgIpc) is 3.18. The maximum Gasteiger partial charge on any atom is 0.183 e. The molecule has 144 valence electrons. The van der Waals surface area contributed by atoms with E-state index in [1.165, 1.54) is 23.7 Å². The summed E-state index contributed by atoms with van der Waals surface area (Å²) in [7, 11) is 0. The molecule has 0 aliphatic carbocycles. The lowest BCUT2D eigenvalue weighted by Crippen LogP contribution is -2.17. The first-order valence-electron chi connectivity index (χ1n) is 9.07. The Balaban J connectivity index is 1.82. The third-order valence-electron chi connectivity index (χ3n) is 4.53. The first-order valence-corrected chi connectivity index (χ1v) is 9.07. The van der Waals surface area contributed by atoms with Crippen LogP contribution >= 0.6 is 0 Å².